The Bertz CT molecular complexity index is 930. The fourth-order valence-electron chi connectivity index (χ4n) is 2.94. The normalized spacial score (nSPS) is 12.1. The summed E-state index contributed by atoms with van der Waals surface area (Å²) >= 11 is 0. The molecule has 0 bridgehead atoms. The second kappa shape index (κ2) is 8.35. The number of ether oxygens (including phenoxy) is 2. The maximum absolute atomic E-state index is 13.5. The van der Waals surface area contributed by atoms with E-state index in [1.165, 1.54) is 0 Å². The first-order valence-electron chi connectivity index (χ1n) is 8.50. The van der Waals surface area contributed by atoms with Crippen molar-refractivity contribution in [2.75, 3.05) is 14.2 Å². The van der Waals surface area contributed by atoms with Crippen molar-refractivity contribution in [2.24, 2.45) is 7.05 Å². The van der Waals surface area contributed by atoms with Gasteiger partial charge in [0.15, 0.2) is 17.5 Å². The van der Waals surface area contributed by atoms with E-state index in [1.807, 2.05) is 23.7 Å². The molecule has 3 rings (SSSR count). The van der Waals surface area contributed by atoms with E-state index in [0.29, 0.717) is 17.3 Å². The highest BCUT2D eigenvalue weighted by atomic mass is 19.2. The minimum absolute atomic E-state index is 0.0885. The number of nitrogens with zero attached hydrogens (tertiary/aromatic N) is 2. The second-order valence-electron chi connectivity index (χ2n) is 6.23. The molecule has 0 aliphatic carbocycles. The van der Waals surface area contributed by atoms with Gasteiger partial charge in [-0.05, 0) is 35.4 Å². The number of nitrogens with one attached hydrogen (secondary N) is 1. The average Bonchev–Trinajstić information content (AvgIpc) is 3.11. The molecule has 0 aliphatic rings. The Morgan fingerprint density at radius 3 is 2.11 bits per heavy atom. The third-order valence-corrected chi connectivity index (χ3v) is 4.38. The van der Waals surface area contributed by atoms with E-state index >= 15 is 0 Å². The van der Waals surface area contributed by atoms with Crippen LogP contribution in [-0.4, -0.2) is 23.8 Å². The zero-order valence-electron chi connectivity index (χ0n) is 15.7. The Morgan fingerprint density at radius 2 is 1.61 bits per heavy atom. The van der Waals surface area contributed by atoms with Gasteiger partial charge in [-0.2, -0.15) is 0 Å². The molecule has 1 unspecified atom stereocenters. The number of hydrogen-bond acceptors (Lipinski definition) is 4. The average molecular weight is 391 g/mol. The van der Waals surface area contributed by atoms with Gasteiger partial charge in [-0.15, -0.1) is 0 Å². The van der Waals surface area contributed by atoms with Gasteiger partial charge >= 0.3 is 0 Å². The lowest BCUT2D eigenvalue weighted by Crippen LogP contribution is -2.25. The number of aromatic nitrogens is 2. The zero-order chi connectivity index (χ0) is 20.3. The van der Waals surface area contributed by atoms with Crippen molar-refractivity contribution in [1.29, 1.82) is 0 Å². The molecule has 0 fully saturated rings. The van der Waals surface area contributed by atoms with Gasteiger partial charge in [0.1, 0.15) is 17.3 Å². The van der Waals surface area contributed by atoms with Crippen LogP contribution in [0.4, 0.5) is 13.2 Å². The maximum atomic E-state index is 13.5. The van der Waals surface area contributed by atoms with Crippen LogP contribution in [-0.2, 0) is 13.6 Å². The zero-order valence-corrected chi connectivity index (χ0v) is 15.7. The van der Waals surface area contributed by atoms with Crippen molar-refractivity contribution in [3.63, 3.8) is 0 Å². The summed E-state index contributed by atoms with van der Waals surface area (Å²) in [6.07, 6.45) is 3.44. The van der Waals surface area contributed by atoms with Crippen molar-refractivity contribution >= 4 is 0 Å². The van der Waals surface area contributed by atoms with Crippen LogP contribution in [0.15, 0.2) is 42.7 Å². The largest absolute Gasteiger partial charge is 0.497 e. The van der Waals surface area contributed by atoms with Crippen LogP contribution in [0.25, 0.3) is 0 Å². The Morgan fingerprint density at radius 1 is 1.00 bits per heavy atom. The molecule has 0 radical (unpaired) electrons. The van der Waals surface area contributed by atoms with Gasteiger partial charge in [-0.25, -0.2) is 18.2 Å². The first-order valence-corrected chi connectivity index (χ1v) is 8.50. The first kappa shape index (κ1) is 19.8. The molecule has 0 saturated carbocycles. The van der Waals surface area contributed by atoms with E-state index in [2.05, 4.69) is 10.3 Å². The topological polar surface area (TPSA) is 48.3 Å². The molecule has 0 saturated heterocycles. The molecule has 0 amide bonds. The predicted molar refractivity (Wildman–Crippen MR) is 97.8 cm³/mol. The Hall–Kier alpha value is -3.00. The minimum atomic E-state index is -1.48. The van der Waals surface area contributed by atoms with E-state index < -0.39 is 23.5 Å². The third-order valence-electron chi connectivity index (χ3n) is 4.38. The summed E-state index contributed by atoms with van der Waals surface area (Å²) in [5, 5.41) is 3.22. The number of halogens is 3. The van der Waals surface area contributed by atoms with Gasteiger partial charge in [0.05, 0.1) is 20.3 Å². The smallest absolute Gasteiger partial charge is 0.194 e. The van der Waals surface area contributed by atoms with E-state index in [-0.39, 0.29) is 12.1 Å². The van der Waals surface area contributed by atoms with E-state index in [4.69, 9.17) is 9.47 Å². The van der Waals surface area contributed by atoms with Gasteiger partial charge in [0.25, 0.3) is 0 Å². The van der Waals surface area contributed by atoms with Crippen LogP contribution >= 0.6 is 0 Å². The molecule has 148 valence electrons. The van der Waals surface area contributed by atoms with Crippen LogP contribution in [0.3, 0.4) is 0 Å². The van der Waals surface area contributed by atoms with Crippen LogP contribution in [0.5, 0.6) is 11.5 Å². The molecule has 1 heterocycles. The summed E-state index contributed by atoms with van der Waals surface area (Å²) < 4.78 is 52.7. The van der Waals surface area contributed by atoms with Crippen molar-refractivity contribution in [3.8, 4) is 11.5 Å². The highest BCUT2D eigenvalue weighted by Gasteiger charge is 2.20. The number of aryl methyl sites for hydroxylation is 1. The SMILES string of the molecule is COc1cc(OC)cc(C(NCc2cc(F)c(F)c(F)c2)c2nccn2C)c1. The molecular weight excluding hydrogens is 371 g/mol. The van der Waals surface area contributed by atoms with Crippen LogP contribution in [0.1, 0.15) is 23.0 Å². The minimum Gasteiger partial charge on any atom is -0.497 e. The highest BCUT2D eigenvalue weighted by molar-refractivity contribution is 5.41. The molecular formula is C20H20F3N3O2. The fourth-order valence-corrected chi connectivity index (χ4v) is 2.94. The lowest BCUT2D eigenvalue weighted by atomic mass is 10.0. The van der Waals surface area contributed by atoms with Crippen LogP contribution < -0.4 is 14.8 Å². The molecule has 1 atom stereocenters. The molecule has 2 aromatic carbocycles. The number of rotatable bonds is 7. The van der Waals surface area contributed by atoms with E-state index in [0.717, 1.165) is 17.7 Å². The predicted octanol–water partition coefficient (Wildman–Crippen LogP) is 3.73. The summed E-state index contributed by atoms with van der Waals surface area (Å²) in [5.74, 6) is -2.08. The van der Waals surface area contributed by atoms with Crippen molar-refractivity contribution in [1.82, 2.24) is 14.9 Å². The van der Waals surface area contributed by atoms with Crippen LogP contribution in [0, 0.1) is 17.5 Å². The molecule has 8 heteroatoms. The van der Waals surface area contributed by atoms with E-state index in [9.17, 15) is 13.2 Å². The van der Waals surface area contributed by atoms with Gasteiger partial charge < -0.3 is 14.0 Å². The number of methoxy groups -OCH3 is 2. The molecule has 0 spiro atoms. The quantitative estimate of drug-likeness (QED) is 0.624. The van der Waals surface area contributed by atoms with Gasteiger partial charge in [0, 0.05) is 32.1 Å². The Labute approximate surface area is 160 Å². The Kier molecular flexibility index (Phi) is 5.89. The van der Waals surface area contributed by atoms with E-state index in [1.54, 1.807) is 32.7 Å². The van der Waals surface area contributed by atoms with Crippen molar-refractivity contribution < 1.29 is 22.6 Å². The molecule has 1 aromatic heterocycles. The lowest BCUT2D eigenvalue weighted by Gasteiger charge is -2.21. The summed E-state index contributed by atoms with van der Waals surface area (Å²) in [7, 11) is 4.93. The summed E-state index contributed by atoms with van der Waals surface area (Å²) in [6.45, 7) is 0.0885. The monoisotopic (exact) mass is 391 g/mol. The number of hydrogen-bond donors (Lipinski definition) is 1. The van der Waals surface area contributed by atoms with Gasteiger partial charge in [-0.3, -0.25) is 5.32 Å². The van der Waals surface area contributed by atoms with Crippen molar-refractivity contribution in [3.05, 3.63) is 77.1 Å². The van der Waals surface area contributed by atoms with Crippen molar-refractivity contribution in [2.45, 2.75) is 12.6 Å². The highest BCUT2D eigenvalue weighted by Crippen LogP contribution is 2.29. The first-order chi connectivity index (χ1) is 13.4. The lowest BCUT2D eigenvalue weighted by molar-refractivity contribution is 0.392. The standard InChI is InChI=1S/C20H20F3N3O2/c1-26-5-4-24-20(26)19(13-8-14(27-2)10-15(9-13)28-3)25-11-12-6-16(21)18(23)17(22)7-12/h4-10,19,25H,11H2,1-3H3. The third kappa shape index (κ3) is 4.12. The molecule has 5 nitrogen and oxygen atoms in total. The molecule has 1 N–H and O–H groups in total. The summed E-state index contributed by atoms with van der Waals surface area (Å²) in [5.41, 5.74) is 1.05. The molecule has 0 aliphatic heterocycles. The Balaban J connectivity index is 1.96. The summed E-state index contributed by atoms with van der Waals surface area (Å²) in [6, 6.07) is 6.88. The maximum Gasteiger partial charge on any atom is 0.194 e. The van der Waals surface area contributed by atoms with Gasteiger partial charge in [-0.1, -0.05) is 0 Å². The molecule has 28 heavy (non-hydrogen) atoms. The summed E-state index contributed by atoms with van der Waals surface area (Å²) in [4.78, 5) is 4.38. The second-order valence-corrected chi connectivity index (χ2v) is 6.23. The van der Waals surface area contributed by atoms with Crippen LogP contribution in [0.2, 0.25) is 0 Å². The van der Waals surface area contributed by atoms with Gasteiger partial charge in [0.2, 0.25) is 0 Å². The number of imidazole rings is 1. The molecule has 3 aromatic rings. The fraction of sp³-hybridized carbons (Fsp3) is 0.250. The number of benzene rings is 2.